The highest BCUT2D eigenvalue weighted by molar-refractivity contribution is 5.96. The molecule has 0 spiro atoms. The Bertz CT molecular complexity index is 1870. The summed E-state index contributed by atoms with van der Waals surface area (Å²) in [4.78, 5) is 67.9. The van der Waals surface area contributed by atoms with Gasteiger partial charge in [0.2, 0.25) is 23.6 Å². The van der Waals surface area contributed by atoms with Gasteiger partial charge in [0.15, 0.2) is 11.9 Å². The van der Waals surface area contributed by atoms with Crippen LogP contribution in [0.3, 0.4) is 0 Å². The van der Waals surface area contributed by atoms with E-state index in [2.05, 4.69) is 35.9 Å². The van der Waals surface area contributed by atoms with Crippen LogP contribution in [0, 0.1) is 0 Å². The van der Waals surface area contributed by atoms with E-state index >= 15 is 0 Å². The third-order valence-corrected chi connectivity index (χ3v) is 8.37. The molecular weight excluding hydrogens is 654 g/mol. The lowest BCUT2D eigenvalue weighted by Gasteiger charge is -2.25. The SMILES string of the molecule is NC(=O)[C@H](CCCN=C(N)N)NC(=O)[C@H](Cc1c[nH]c2ccccc12)NC(=O)[C@H](Cc1c[nH]c2ccccc12)NC(=O)[C@@H](N)CCCN=C(N)N. The number of aromatic amines is 2. The van der Waals surface area contributed by atoms with Crippen LogP contribution in [0.15, 0.2) is 70.9 Å². The molecule has 0 fully saturated rings. The molecule has 0 aliphatic rings. The number of amides is 4. The Balaban J connectivity index is 1.59. The quantitative estimate of drug-likeness (QED) is 0.0318. The summed E-state index contributed by atoms with van der Waals surface area (Å²) >= 11 is 0. The van der Waals surface area contributed by atoms with Crippen molar-refractivity contribution in [1.29, 1.82) is 0 Å². The molecule has 17 nitrogen and oxygen atoms in total. The van der Waals surface area contributed by atoms with Crippen molar-refractivity contribution in [1.82, 2.24) is 25.9 Å². The first-order valence-corrected chi connectivity index (χ1v) is 16.6. The maximum absolute atomic E-state index is 14.2. The first-order valence-electron chi connectivity index (χ1n) is 16.6. The number of aromatic nitrogens is 2. The smallest absolute Gasteiger partial charge is 0.243 e. The van der Waals surface area contributed by atoms with Gasteiger partial charge >= 0.3 is 0 Å². The highest BCUT2D eigenvalue weighted by atomic mass is 16.2. The molecule has 272 valence electrons. The minimum Gasteiger partial charge on any atom is -0.370 e. The van der Waals surface area contributed by atoms with Crippen molar-refractivity contribution in [2.24, 2.45) is 44.4 Å². The van der Waals surface area contributed by atoms with Gasteiger partial charge in [-0.25, -0.2) is 0 Å². The molecule has 0 aliphatic carbocycles. The number of para-hydroxylation sites is 2. The van der Waals surface area contributed by atoms with E-state index in [-0.39, 0.29) is 50.7 Å². The normalized spacial score (nSPS) is 13.4. The molecule has 0 unspecified atom stereocenters. The second-order valence-electron chi connectivity index (χ2n) is 12.2. The van der Waals surface area contributed by atoms with Gasteiger partial charge in [-0.2, -0.15) is 0 Å². The Morgan fingerprint density at radius 3 is 1.51 bits per heavy atom. The largest absolute Gasteiger partial charge is 0.370 e. The second-order valence-corrected chi connectivity index (χ2v) is 12.2. The molecule has 0 aliphatic heterocycles. The number of benzene rings is 2. The van der Waals surface area contributed by atoms with Gasteiger partial charge in [-0.15, -0.1) is 0 Å². The van der Waals surface area contributed by atoms with E-state index in [1.807, 2.05) is 48.5 Å². The Hall–Kier alpha value is -6.10. The maximum Gasteiger partial charge on any atom is 0.243 e. The molecule has 17 N–H and O–H groups in total. The number of guanidine groups is 2. The molecule has 2 aromatic carbocycles. The van der Waals surface area contributed by atoms with Crippen LogP contribution in [0.1, 0.15) is 36.8 Å². The van der Waals surface area contributed by atoms with Gasteiger partial charge < -0.3 is 60.3 Å². The molecule has 17 heteroatoms. The number of aliphatic imine (C=N–C) groups is 2. The summed E-state index contributed by atoms with van der Waals surface area (Å²) in [5.74, 6) is -2.77. The average molecular weight is 702 g/mol. The standard InChI is InChI=1S/C34H47N13O4/c35-23(9-5-13-41-33(37)38)30(49)46-27(15-19-17-43-24-10-3-1-7-21(19)24)32(51)47-28(16-20-18-44-25-11-4-2-8-22(20)25)31(50)45-26(29(36)48)12-6-14-42-34(39)40/h1-4,7-8,10-11,17-18,23,26-28,43-44H,5-6,9,12-16,35H2,(H2,36,48)(H,45,50)(H,46,49)(H,47,51)(H4,37,38,41)(H4,39,40,42)/t23-,26-,27-,28-/m0/s1. The topological polar surface area (TPSA) is 317 Å². The third kappa shape index (κ3) is 10.9. The van der Waals surface area contributed by atoms with E-state index in [0.717, 1.165) is 32.9 Å². The Morgan fingerprint density at radius 1 is 0.608 bits per heavy atom. The summed E-state index contributed by atoms with van der Waals surface area (Å²) in [5, 5.41) is 10.0. The van der Waals surface area contributed by atoms with E-state index in [9.17, 15) is 19.2 Å². The minimum absolute atomic E-state index is 0.0547. The van der Waals surface area contributed by atoms with Gasteiger partial charge in [0.05, 0.1) is 6.04 Å². The summed E-state index contributed by atoms with van der Waals surface area (Å²) < 4.78 is 0. The molecule has 4 amide bonds. The zero-order chi connectivity index (χ0) is 36.9. The Labute approximate surface area is 294 Å². The monoisotopic (exact) mass is 701 g/mol. The van der Waals surface area contributed by atoms with Crippen molar-refractivity contribution in [2.75, 3.05) is 13.1 Å². The van der Waals surface area contributed by atoms with E-state index < -0.39 is 47.8 Å². The van der Waals surface area contributed by atoms with Crippen molar-refractivity contribution >= 4 is 57.4 Å². The van der Waals surface area contributed by atoms with Gasteiger partial charge in [-0.1, -0.05) is 36.4 Å². The lowest BCUT2D eigenvalue weighted by molar-refractivity contribution is -0.133. The Kier molecular flexibility index (Phi) is 13.3. The summed E-state index contributed by atoms with van der Waals surface area (Å²) in [6, 6.07) is 10.7. The maximum atomic E-state index is 14.2. The van der Waals surface area contributed by atoms with E-state index in [0.29, 0.717) is 12.8 Å². The lowest BCUT2D eigenvalue weighted by Crippen LogP contribution is -2.58. The van der Waals surface area contributed by atoms with Gasteiger partial charge in [-0.05, 0) is 48.9 Å². The molecule has 0 radical (unpaired) electrons. The van der Waals surface area contributed by atoms with E-state index in [1.165, 1.54) is 0 Å². The zero-order valence-electron chi connectivity index (χ0n) is 28.2. The third-order valence-electron chi connectivity index (χ3n) is 8.37. The molecule has 51 heavy (non-hydrogen) atoms. The Morgan fingerprint density at radius 2 is 1.04 bits per heavy atom. The number of primary amides is 1. The number of fused-ring (bicyclic) bond motifs is 2. The average Bonchev–Trinajstić information content (AvgIpc) is 3.70. The molecular formula is C34H47N13O4. The summed E-state index contributed by atoms with van der Waals surface area (Å²) in [7, 11) is 0. The van der Waals surface area contributed by atoms with Gasteiger partial charge in [0, 0.05) is 60.1 Å². The zero-order valence-corrected chi connectivity index (χ0v) is 28.2. The van der Waals surface area contributed by atoms with Crippen LogP contribution in [0.25, 0.3) is 21.8 Å². The molecule has 0 saturated heterocycles. The van der Waals surface area contributed by atoms with Crippen molar-refractivity contribution < 1.29 is 19.2 Å². The molecule has 4 aromatic rings. The van der Waals surface area contributed by atoms with Gasteiger partial charge in [-0.3, -0.25) is 29.2 Å². The summed E-state index contributed by atoms with van der Waals surface area (Å²) in [6.07, 6.45) is 4.87. The number of nitrogens with zero attached hydrogens (tertiary/aromatic N) is 2. The molecule has 0 bridgehead atoms. The predicted molar refractivity (Wildman–Crippen MR) is 197 cm³/mol. The number of H-pyrrole nitrogens is 2. The highest BCUT2D eigenvalue weighted by Crippen LogP contribution is 2.21. The number of nitrogens with two attached hydrogens (primary N) is 6. The number of hydrogen-bond acceptors (Lipinski definition) is 7. The summed E-state index contributed by atoms with van der Waals surface area (Å²) in [6.45, 7) is 0.511. The van der Waals surface area contributed by atoms with Crippen molar-refractivity contribution in [2.45, 2.75) is 62.7 Å². The van der Waals surface area contributed by atoms with E-state index in [4.69, 9.17) is 34.4 Å². The molecule has 4 rings (SSSR count). The number of carbonyl (C=O) groups excluding carboxylic acids is 4. The van der Waals surface area contributed by atoms with Crippen molar-refractivity contribution in [3.63, 3.8) is 0 Å². The van der Waals surface area contributed by atoms with Crippen LogP contribution in [0.4, 0.5) is 0 Å². The van der Waals surface area contributed by atoms with Gasteiger partial charge in [0.25, 0.3) is 0 Å². The van der Waals surface area contributed by atoms with Gasteiger partial charge in [0.1, 0.15) is 18.1 Å². The van der Waals surface area contributed by atoms with Crippen LogP contribution in [0.5, 0.6) is 0 Å². The number of rotatable bonds is 19. The molecule has 2 heterocycles. The first kappa shape index (κ1) is 37.7. The number of nitrogens with one attached hydrogen (secondary N) is 5. The van der Waals surface area contributed by atoms with Crippen LogP contribution >= 0.6 is 0 Å². The summed E-state index contributed by atoms with van der Waals surface area (Å²) in [5.41, 5.74) is 36.6. The lowest BCUT2D eigenvalue weighted by atomic mass is 10.0. The van der Waals surface area contributed by atoms with Crippen LogP contribution in [-0.2, 0) is 32.0 Å². The highest BCUT2D eigenvalue weighted by Gasteiger charge is 2.31. The van der Waals surface area contributed by atoms with Crippen LogP contribution < -0.4 is 50.4 Å². The minimum atomic E-state index is -1.17. The molecule has 0 saturated carbocycles. The first-order chi connectivity index (χ1) is 24.4. The predicted octanol–water partition coefficient (Wildman–Crippen LogP) is -1.19. The fourth-order valence-electron chi connectivity index (χ4n) is 5.72. The number of hydrogen-bond donors (Lipinski definition) is 11. The fraction of sp³-hybridized carbons (Fsp3) is 0.353. The van der Waals surface area contributed by atoms with Crippen LogP contribution in [-0.4, -0.2) is 82.8 Å². The second kappa shape index (κ2) is 18.1. The number of carbonyl (C=O) groups is 4. The van der Waals surface area contributed by atoms with Crippen LogP contribution in [0.2, 0.25) is 0 Å². The van der Waals surface area contributed by atoms with Crippen molar-refractivity contribution in [3.8, 4) is 0 Å². The van der Waals surface area contributed by atoms with E-state index in [1.54, 1.807) is 12.4 Å². The molecule has 2 aromatic heterocycles. The fourth-order valence-corrected chi connectivity index (χ4v) is 5.72. The van der Waals surface area contributed by atoms with Crippen molar-refractivity contribution in [3.05, 3.63) is 72.1 Å². The molecule has 4 atom stereocenters.